The summed E-state index contributed by atoms with van der Waals surface area (Å²) in [7, 11) is 0. The summed E-state index contributed by atoms with van der Waals surface area (Å²) >= 11 is 0. The molecule has 0 saturated heterocycles. The smallest absolute Gasteiger partial charge is 0.314 e. The number of benzene rings is 3. The van der Waals surface area contributed by atoms with Crippen LogP contribution in [0.5, 0.6) is 0 Å². The van der Waals surface area contributed by atoms with Gasteiger partial charge in [0.2, 0.25) is 5.89 Å². The van der Waals surface area contributed by atoms with Crippen LogP contribution < -0.4 is 4.90 Å². The Labute approximate surface area is 185 Å². The summed E-state index contributed by atoms with van der Waals surface area (Å²) in [5, 5.41) is 16.1. The molecule has 0 fully saturated rings. The molecule has 1 aliphatic rings. The standard InChI is InChI=1S/C24H13F3N4O2/c25-17-6-7-20(18(10-17)14-3-1-2-13(8-14)11-28)31-12-16-5-4-15(9-19(16)24(31)32)22-29-30-23(33-22)21(26)27/h1-10,21H,12H2. The Hall–Kier alpha value is -4.45. The van der Waals surface area contributed by atoms with Gasteiger partial charge >= 0.3 is 6.43 Å². The van der Waals surface area contributed by atoms with E-state index in [1.807, 2.05) is 0 Å². The third-order valence-corrected chi connectivity index (χ3v) is 5.34. The molecule has 0 atom stereocenters. The Kier molecular flexibility index (Phi) is 4.90. The Morgan fingerprint density at radius 3 is 2.61 bits per heavy atom. The molecule has 33 heavy (non-hydrogen) atoms. The quantitative estimate of drug-likeness (QED) is 0.413. The van der Waals surface area contributed by atoms with Crippen LogP contribution in [-0.4, -0.2) is 16.1 Å². The molecule has 0 aliphatic carbocycles. The van der Waals surface area contributed by atoms with Gasteiger partial charge in [-0.15, -0.1) is 10.2 Å². The zero-order valence-electron chi connectivity index (χ0n) is 16.8. The first kappa shape index (κ1) is 20.5. The number of aromatic nitrogens is 2. The number of nitriles is 1. The van der Waals surface area contributed by atoms with E-state index in [0.29, 0.717) is 39.1 Å². The Morgan fingerprint density at radius 2 is 1.85 bits per heavy atom. The fourth-order valence-electron chi connectivity index (χ4n) is 3.80. The van der Waals surface area contributed by atoms with Crippen molar-refractivity contribution in [3.05, 3.63) is 89.1 Å². The van der Waals surface area contributed by atoms with Crippen LogP contribution in [0.15, 0.2) is 65.1 Å². The van der Waals surface area contributed by atoms with Crippen LogP contribution in [0.1, 0.15) is 33.8 Å². The fraction of sp³-hybridized carbons (Fsp3) is 0.0833. The summed E-state index contributed by atoms with van der Waals surface area (Å²) in [5.41, 5.74) is 3.34. The highest BCUT2D eigenvalue weighted by molar-refractivity contribution is 6.12. The van der Waals surface area contributed by atoms with Gasteiger partial charge in [0.1, 0.15) is 5.82 Å². The Morgan fingerprint density at radius 1 is 1.00 bits per heavy atom. The van der Waals surface area contributed by atoms with Gasteiger partial charge in [-0.1, -0.05) is 18.2 Å². The monoisotopic (exact) mass is 446 g/mol. The number of carbonyl (C=O) groups is 1. The van der Waals surface area contributed by atoms with E-state index in [2.05, 4.69) is 16.3 Å². The van der Waals surface area contributed by atoms with Crippen molar-refractivity contribution in [2.75, 3.05) is 4.90 Å². The van der Waals surface area contributed by atoms with Crippen molar-refractivity contribution >= 4 is 11.6 Å². The number of hydrogen-bond acceptors (Lipinski definition) is 5. The molecule has 2 heterocycles. The number of nitrogens with zero attached hydrogens (tertiary/aromatic N) is 4. The topological polar surface area (TPSA) is 83.0 Å². The average molecular weight is 446 g/mol. The van der Waals surface area contributed by atoms with Crippen molar-refractivity contribution < 1.29 is 22.4 Å². The molecule has 0 N–H and O–H groups in total. The molecular weight excluding hydrogens is 433 g/mol. The third kappa shape index (κ3) is 3.61. The Balaban J connectivity index is 1.53. The number of alkyl halides is 2. The maximum atomic E-state index is 14.1. The highest BCUT2D eigenvalue weighted by atomic mass is 19.3. The molecular formula is C24H13F3N4O2. The number of fused-ring (bicyclic) bond motifs is 1. The lowest BCUT2D eigenvalue weighted by Gasteiger charge is -2.20. The van der Waals surface area contributed by atoms with Gasteiger partial charge in [0, 0.05) is 16.7 Å². The van der Waals surface area contributed by atoms with E-state index in [9.17, 15) is 23.2 Å². The van der Waals surface area contributed by atoms with Crippen LogP contribution in [0.4, 0.5) is 18.9 Å². The molecule has 0 unspecified atom stereocenters. The number of hydrogen-bond donors (Lipinski definition) is 0. The zero-order valence-corrected chi connectivity index (χ0v) is 16.8. The van der Waals surface area contributed by atoms with Crippen molar-refractivity contribution in [1.29, 1.82) is 5.26 Å². The number of rotatable bonds is 4. The summed E-state index contributed by atoms with van der Waals surface area (Å²) < 4.78 is 44.6. The van der Waals surface area contributed by atoms with Crippen LogP contribution >= 0.6 is 0 Å². The third-order valence-electron chi connectivity index (χ3n) is 5.34. The summed E-state index contributed by atoms with van der Waals surface area (Å²) in [6, 6.07) is 17.6. The van der Waals surface area contributed by atoms with E-state index in [1.54, 1.807) is 36.4 Å². The highest BCUT2D eigenvalue weighted by Crippen LogP contribution is 2.38. The lowest BCUT2D eigenvalue weighted by Crippen LogP contribution is -2.23. The van der Waals surface area contributed by atoms with E-state index in [4.69, 9.17) is 4.42 Å². The molecule has 0 spiro atoms. The molecule has 0 radical (unpaired) electrons. The largest absolute Gasteiger partial charge is 0.415 e. The van der Waals surface area contributed by atoms with Gasteiger partial charge in [-0.25, -0.2) is 4.39 Å². The molecule has 0 saturated carbocycles. The van der Waals surface area contributed by atoms with Crippen LogP contribution in [0.3, 0.4) is 0 Å². The maximum Gasteiger partial charge on any atom is 0.314 e. The highest BCUT2D eigenvalue weighted by Gasteiger charge is 2.31. The summed E-state index contributed by atoms with van der Waals surface area (Å²) in [6.45, 7) is 0.233. The predicted molar refractivity (Wildman–Crippen MR) is 112 cm³/mol. The number of anilines is 1. The molecule has 6 nitrogen and oxygen atoms in total. The molecule has 1 aromatic heterocycles. The van der Waals surface area contributed by atoms with Gasteiger partial charge in [0.25, 0.3) is 11.8 Å². The van der Waals surface area contributed by atoms with E-state index >= 15 is 0 Å². The van der Waals surface area contributed by atoms with Crippen LogP contribution in [0.25, 0.3) is 22.6 Å². The van der Waals surface area contributed by atoms with Crippen LogP contribution in [0, 0.1) is 17.1 Å². The molecule has 4 aromatic rings. The van der Waals surface area contributed by atoms with Gasteiger partial charge in [-0.05, 0) is 53.6 Å². The summed E-state index contributed by atoms with van der Waals surface area (Å²) in [4.78, 5) is 14.8. The molecule has 162 valence electrons. The van der Waals surface area contributed by atoms with Crippen molar-refractivity contribution in [3.8, 4) is 28.7 Å². The van der Waals surface area contributed by atoms with Crippen molar-refractivity contribution in [3.63, 3.8) is 0 Å². The minimum absolute atomic E-state index is 0.116. The fourth-order valence-corrected chi connectivity index (χ4v) is 3.80. The van der Waals surface area contributed by atoms with E-state index in [-0.39, 0.29) is 18.3 Å². The molecule has 1 amide bonds. The minimum atomic E-state index is -2.89. The average Bonchev–Trinajstić information content (AvgIpc) is 3.44. The van der Waals surface area contributed by atoms with Crippen LogP contribution in [-0.2, 0) is 6.54 Å². The van der Waals surface area contributed by atoms with E-state index in [0.717, 1.165) is 0 Å². The minimum Gasteiger partial charge on any atom is -0.415 e. The number of amides is 1. The molecule has 1 aliphatic heterocycles. The van der Waals surface area contributed by atoms with Gasteiger partial charge < -0.3 is 9.32 Å². The van der Waals surface area contributed by atoms with Gasteiger partial charge in [-0.3, -0.25) is 4.79 Å². The van der Waals surface area contributed by atoms with E-state index < -0.39 is 18.1 Å². The normalized spacial score (nSPS) is 12.8. The van der Waals surface area contributed by atoms with E-state index in [1.165, 1.54) is 29.2 Å². The number of halogens is 3. The number of carbonyl (C=O) groups excluding carboxylic acids is 1. The first-order valence-corrected chi connectivity index (χ1v) is 9.81. The second-order valence-corrected chi connectivity index (χ2v) is 7.36. The zero-order chi connectivity index (χ0) is 23.1. The molecule has 3 aromatic carbocycles. The molecule has 5 rings (SSSR count). The molecule has 9 heteroatoms. The lowest BCUT2D eigenvalue weighted by molar-refractivity contribution is 0.0996. The Bertz CT molecular complexity index is 1440. The van der Waals surface area contributed by atoms with Crippen LogP contribution in [0.2, 0.25) is 0 Å². The van der Waals surface area contributed by atoms with Gasteiger partial charge in [0.15, 0.2) is 0 Å². The second-order valence-electron chi connectivity index (χ2n) is 7.36. The first-order chi connectivity index (χ1) is 15.9. The predicted octanol–water partition coefficient (Wildman–Crippen LogP) is 5.51. The van der Waals surface area contributed by atoms with Gasteiger partial charge in [0.05, 0.1) is 23.9 Å². The van der Waals surface area contributed by atoms with Crippen molar-refractivity contribution in [1.82, 2.24) is 10.2 Å². The SMILES string of the molecule is N#Cc1cccc(-c2cc(F)ccc2N2Cc3ccc(-c4nnc(C(F)F)o4)cc3C2=O)c1. The van der Waals surface area contributed by atoms with Crippen molar-refractivity contribution in [2.24, 2.45) is 0 Å². The molecule has 0 bridgehead atoms. The lowest BCUT2D eigenvalue weighted by atomic mass is 10.0. The van der Waals surface area contributed by atoms with Crippen molar-refractivity contribution in [2.45, 2.75) is 13.0 Å². The first-order valence-electron chi connectivity index (χ1n) is 9.81. The summed E-state index contributed by atoms with van der Waals surface area (Å²) in [6.07, 6.45) is -2.89. The second kappa shape index (κ2) is 7.91. The van der Waals surface area contributed by atoms with Gasteiger partial charge in [-0.2, -0.15) is 14.0 Å². The summed E-state index contributed by atoms with van der Waals surface area (Å²) in [5.74, 6) is -1.73. The maximum absolute atomic E-state index is 14.1.